The first kappa shape index (κ1) is 14.1. The van der Waals surface area contributed by atoms with E-state index < -0.39 is 0 Å². The van der Waals surface area contributed by atoms with Crippen LogP contribution in [0.1, 0.15) is 22.6 Å². The topological polar surface area (TPSA) is 64.4 Å². The van der Waals surface area contributed by atoms with E-state index in [1.165, 1.54) is 0 Å². The smallest absolute Gasteiger partial charge is 0.301 e. The maximum absolute atomic E-state index is 12.0. The first-order valence-electron chi connectivity index (χ1n) is 6.37. The predicted molar refractivity (Wildman–Crippen MR) is 76.0 cm³/mol. The summed E-state index contributed by atoms with van der Waals surface area (Å²) < 4.78 is 10.6. The van der Waals surface area contributed by atoms with Crippen LogP contribution in [0.4, 0.5) is 6.01 Å². The number of oxazole rings is 1. The molecule has 0 radical (unpaired) electrons. The maximum atomic E-state index is 12.0. The van der Waals surface area contributed by atoms with Crippen LogP contribution in [0.15, 0.2) is 22.6 Å². The molecule has 20 heavy (non-hydrogen) atoms. The molecule has 0 aliphatic heterocycles. The standard InChI is InChI=1S/C15H18N2O3/c1-9-5-6-13(19-4)12(7-9)8-14(18)17-15-16-10(2)11(3)20-15/h5-7H,8H2,1-4H3,(H,16,17,18). The molecule has 1 heterocycles. The van der Waals surface area contributed by atoms with E-state index in [9.17, 15) is 4.79 Å². The maximum Gasteiger partial charge on any atom is 0.301 e. The molecule has 1 aromatic carbocycles. The number of aromatic nitrogens is 1. The van der Waals surface area contributed by atoms with Crippen LogP contribution in [0.2, 0.25) is 0 Å². The lowest BCUT2D eigenvalue weighted by molar-refractivity contribution is -0.115. The first-order chi connectivity index (χ1) is 9.49. The Balaban J connectivity index is 2.10. The fraction of sp³-hybridized carbons (Fsp3) is 0.333. The number of methoxy groups -OCH3 is 1. The van der Waals surface area contributed by atoms with Crippen molar-refractivity contribution in [3.63, 3.8) is 0 Å². The van der Waals surface area contributed by atoms with Crippen molar-refractivity contribution in [2.45, 2.75) is 27.2 Å². The number of anilines is 1. The Labute approximate surface area is 118 Å². The highest BCUT2D eigenvalue weighted by atomic mass is 16.5. The Kier molecular flexibility index (Phi) is 4.08. The second-order valence-corrected chi connectivity index (χ2v) is 4.70. The molecule has 0 saturated heterocycles. The van der Waals surface area contributed by atoms with Crippen molar-refractivity contribution >= 4 is 11.9 Å². The zero-order valence-corrected chi connectivity index (χ0v) is 12.1. The first-order valence-corrected chi connectivity index (χ1v) is 6.37. The highest BCUT2D eigenvalue weighted by Crippen LogP contribution is 2.21. The van der Waals surface area contributed by atoms with E-state index in [1.807, 2.05) is 39.0 Å². The molecule has 0 fully saturated rings. The van der Waals surface area contributed by atoms with Gasteiger partial charge in [0.05, 0.1) is 19.2 Å². The summed E-state index contributed by atoms with van der Waals surface area (Å²) in [7, 11) is 1.59. The molecular formula is C15H18N2O3. The Morgan fingerprint density at radius 2 is 2.10 bits per heavy atom. The molecule has 106 valence electrons. The lowest BCUT2D eigenvalue weighted by Gasteiger charge is -2.08. The SMILES string of the molecule is COc1ccc(C)cc1CC(=O)Nc1nc(C)c(C)o1. The summed E-state index contributed by atoms with van der Waals surface area (Å²) in [5.41, 5.74) is 2.69. The van der Waals surface area contributed by atoms with E-state index in [4.69, 9.17) is 9.15 Å². The Morgan fingerprint density at radius 3 is 2.70 bits per heavy atom. The zero-order chi connectivity index (χ0) is 14.7. The van der Waals surface area contributed by atoms with Crippen molar-refractivity contribution in [1.82, 2.24) is 4.98 Å². The van der Waals surface area contributed by atoms with E-state index in [0.717, 1.165) is 16.8 Å². The molecule has 0 aliphatic rings. The number of hydrogen-bond acceptors (Lipinski definition) is 4. The molecule has 1 amide bonds. The number of aryl methyl sites for hydroxylation is 3. The number of ether oxygens (including phenoxy) is 1. The fourth-order valence-electron chi connectivity index (χ4n) is 1.91. The van der Waals surface area contributed by atoms with Gasteiger partial charge in [-0.2, -0.15) is 4.98 Å². The van der Waals surface area contributed by atoms with E-state index in [1.54, 1.807) is 7.11 Å². The highest BCUT2D eigenvalue weighted by Gasteiger charge is 2.12. The summed E-state index contributed by atoms with van der Waals surface area (Å²) in [5.74, 6) is 1.22. The molecule has 5 heteroatoms. The van der Waals surface area contributed by atoms with E-state index in [0.29, 0.717) is 11.5 Å². The van der Waals surface area contributed by atoms with Crippen molar-refractivity contribution < 1.29 is 13.9 Å². The van der Waals surface area contributed by atoms with Crippen molar-refractivity contribution in [2.75, 3.05) is 12.4 Å². The Bertz CT molecular complexity index is 613. The largest absolute Gasteiger partial charge is 0.496 e. The Morgan fingerprint density at radius 1 is 1.35 bits per heavy atom. The summed E-state index contributed by atoms with van der Waals surface area (Å²) >= 11 is 0. The van der Waals surface area contributed by atoms with E-state index >= 15 is 0 Å². The number of amides is 1. The fourth-order valence-corrected chi connectivity index (χ4v) is 1.91. The summed E-state index contributed by atoms with van der Waals surface area (Å²) in [6.45, 7) is 5.61. The molecule has 0 aliphatic carbocycles. The van der Waals surface area contributed by atoms with Gasteiger partial charge in [0.25, 0.3) is 0 Å². The third kappa shape index (κ3) is 3.17. The lowest BCUT2D eigenvalue weighted by Crippen LogP contribution is -2.15. The summed E-state index contributed by atoms with van der Waals surface area (Å²) in [6.07, 6.45) is 0.214. The molecule has 0 atom stereocenters. The third-order valence-electron chi connectivity index (χ3n) is 3.06. The molecule has 1 aromatic heterocycles. The molecule has 0 spiro atoms. The van der Waals surface area contributed by atoms with Crippen LogP contribution in [-0.4, -0.2) is 18.0 Å². The van der Waals surface area contributed by atoms with Gasteiger partial charge in [-0.3, -0.25) is 10.1 Å². The van der Waals surface area contributed by atoms with Crippen LogP contribution in [0, 0.1) is 20.8 Å². The normalized spacial score (nSPS) is 10.4. The molecule has 5 nitrogen and oxygen atoms in total. The number of benzene rings is 1. The number of carbonyl (C=O) groups excluding carboxylic acids is 1. The van der Waals surface area contributed by atoms with E-state index in [-0.39, 0.29) is 18.3 Å². The number of nitrogens with one attached hydrogen (secondary N) is 1. The van der Waals surface area contributed by atoms with Crippen molar-refractivity contribution in [2.24, 2.45) is 0 Å². The van der Waals surface area contributed by atoms with Crippen LogP contribution in [0.25, 0.3) is 0 Å². The number of carbonyl (C=O) groups is 1. The number of nitrogens with zero attached hydrogens (tertiary/aromatic N) is 1. The van der Waals surface area contributed by atoms with Crippen molar-refractivity contribution in [1.29, 1.82) is 0 Å². The van der Waals surface area contributed by atoms with Crippen LogP contribution in [-0.2, 0) is 11.2 Å². The average molecular weight is 274 g/mol. The number of hydrogen-bond donors (Lipinski definition) is 1. The lowest BCUT2D eigenvalue weighted by atomic mass is 10.1. The highest BCUT2D eigenvalue weighted by molar-refractivity contribution is 5.90. The van der Waals surface area contributed by atoms with Gasteiger partial charge in [-0.05, 0) is 26.8 Å². The minimum atomic E-state index is -0.185. The van der Waals surface area contributed by atoms with Crippen LogP contribution >= 0.6 is 0 Å². The summed E-state index contributed by atoms with van der Waals surface area (Å²) in [6, 6.07) is 5.97. The van der Waals surface area contributed by atoms with Crippen molar-refractivity contribution in [3.8, 4) is 5.75 Å². The number of rotatable bonds is 4. The monoisotopic (exact) mass is 274 g/mol. The minimum absolute atomic E-state index is 0.185. The molecular weight excluding hydrogens is 256 g/mol. The van der Waals surface area contributed by atoms with Crippen molar-refractivity contribution in [3.05, 3.63) is 40.8 Å². The molecule has 0 bridgehead atoms. The van der Waals surface area contributed by atoms with Crippen LogP contribution < -0.4 is 10.1 Å². The molecule has 2 rings (SSSR count). The molecule has 0 unspecified atom stereocenters. The van der Waals surface area contributed by atoms with Gasteiger partial charge in [0.15, 0.2) is 0 Å². The van der Waals surface area contributed by atoms with Gasteiger partial charge in [0.1, 0.15) is 11.5 Å². The van der Waals surface area contributed by atoms with Gasteiger partial charge in [0.2, 0.25) is 5.91 Å². The molecule has 2 aromatic rings. The van der Waals surface area contributed by atoms with Gasteiger partial charge < -0.3 is 9.15 Å². The molecule has 0 saturated carbocycles. The quantitative estimate of drug-likeness (QED) is 0.931. The summed E-state index contributed by atoms with van der Waals surface area (Å²) in [5, 5.41) is 2.65. The third-order valence-corrected chi connectivity index (χ3v) is 3.06. The van der Waals surface area contributed by atoms with Gasteiger partial charge in [-0.1, -0.05) is 17.7 Å². The minimum Gasteiger partial charge on any atom is -0.496 e. The Hall–Kier alpha value is -2.30. The van der Waals surface area contributed by atoms with Crippen LogP contribution in [0.3, 0.4) is 0 Å². The van der Waals surface area contributed by atoms with Gasteiger partial charge in [-0.25, -0.2) is 0 Å². The second-order valence-electron chi connectivity index (χ2n) is 4.70. The average Bonchev–Trinajstić information content (AvgIpc) is 2.68. The van der Waals surface area contributed by atoms with E-state index in [2.05, 4.69) is 10.3 Å². The second kappa shape index (κ2) is 5.77. The molecule has 1 N–H and O–H groups in total. The zero-order valence-electron chi connectivity index (χ0n) is 12.1. The van der Waals surface area contributed by atoms with Gasteiger partial charge >= 0.3 is 6.01 Å². The van der Waals surface area contributed by atoms with Gasteiger partial charge in [0, 0.05) is 5.56 Å². The van der Waals surface area contributed by atoms with Crippen LogP contribution in [0.5, 0.6) is 5.75 Å². The summed E-state index contributed by atoms with van der Waals surface area (Å²) in [4.78, 5) is 16.1. The predicted octanol–water partition coefficient (Wildman–Crippen LogP) is 2.79. The van der Waals surface area contributed by atoms with Gasteiger partial charge in [-0.15, -0.1) is 0 Å².